The monoisotopic (exact) mass is 402 g/mol. The molecule has 0 aromatic heterocycles. The number of benzene rings is 2. The average molecular weight is 402 g/mol. The zero-order valence-electron chi connectivity index (χ0n) is 17.1. The van der Waals surface area contributed by atoms with Crippen molar-refractivity contribution in [3.63, 3.8) is 0 Å². The molecule has 0 fully saturated rings. The Balaban J connectivity index is 1.82. The molecule has 1 unspecified atom stereocenters. The van der Waals surface area contributed by atoms with Crippen molar-refractivity contribution in [2.45, 2.75) is 46.1 Å². The van der Waals surface area contributed by atoms with Crippen molar-refractivity contribution < 1.29 is 18.4 Å². The van der Waals surface area contributed by atoms with E-state index in [4.69, 9.17) is 0 Å². The first-order valence-corrected chi connectivity index (χ1v) is 9.93. The van der Waals surface area contributed by atoms with Crippen molar-refractivity contribution >= 4 is 11.8 Å². The number of aryl methyl sites for hydroxylation is 1. The maximum Gasteiger partial charge on any atom is 0.254 e. The van der Waals surface area contributed by atoms with Crippen LogP contribution in [0.4, 0.5) is 8.78 Å². The van der Waals surface area contributed by atoms with Gasteiger partial charge in [-0.1, -0.05) is 45.0 Å². The van der Waals surface area contributed by atoms with Crippen LogP contribution in [-0.2, 0) is 11.2 Å². The number of amides is 2. The average Bonchev–Trinajstić information content (AvgIpc) is 2.69. The molecule has 0 saturated carbocycles. The summed E-state index contributed by atoms with van der Waals surface area (Å²) in [6.45, 7) is 6.42. The summed E-state index contributed by atoms with van der Waals surface area (Å²) in [5.41, 5.74) is 2.09. The molecule has 29 heavy (non-hydrogen) atoms. The Labute approximate surface area is 170 Å². The zero-order valence-corrected chi connectivity index (χ0v) is 17.1. The first-order chi connectivity index (χ1) is 13.8. The third kappa shape index (κ3) is 6.66. The molecule has 2 amide bonds. The molecule has 156 valence electrons. The van der Waals surface area contributed by atoms with Crippen LogP contribution >= 0.6 is 0 Å². The highest BCUT2D eigenvalue weighted by atomic mass is 19.1. The van der Waals surface area contributed by atoms with E-state index in [2.05, 4.69) is 43.5 Å². The van der Waals surface area contributed by atoms with E-state index in [-0.39, 0.29) is 36.4 Å². The number of hydrogen-bond acceptors (Lipinski definition) is 2. The molecule has 2 aromatic rings. The Kier molecular flexibility index (Phi) is 8.31. The quantitative estimate of drug-likeness (QED) is 0.605. The summed E-state index contributed by atoms with van der Waals surface area (Å²) in [6, 6.07) is 10.9. The van der Waals surface area contributed by atoms with Crippen molar-refractivity contribution in [3.05, 3.63) is 70.8 Å². The molecule has 2 N–H and O–H groups in total. The minimum absolute atomic E-state index is 0.0868. The molecule has 2 rings (SSSR count). The molecule has 0 spiro atoms. The van der Waals surface area contributed by atoms with Crippen LogP contribution in [0.3, 0.4) is 0 Å². The topological polar surface area (TPSA) is 58.2 Å². The Morgan fingerprint density at radius 2 is 1.72 bits per heavy atom. The van der Waals surface area contributed by atoms with E-state index in [9.17, 15) is 18.4 Å². The molecule has 0 aliphatic rings. The summed E-state index contributed by atoms with van der Waals surface area (Å²) in [7, 11) is 0. The van der Waals surface area contributed by atoms with E-state index in [1.165, 1.54) is 5.56 Å². The van der Waals surface area contributed by atoms with Crippen molar-refractivity contribution in [2.24, 2.45) is 5.92 Å². The molecule has 0 saturated heterocycles. The Bertz CT molecular complexity index is 835. The molecule has 0 aliphatic heterocycles. The molecule has 4 nitrogen and oxygen atoms in total. The van der Waals surface area contributed by atoms with Gasteiger partial charge in [-0.15, -0.1) is 0 Å². The van der Waals surface area contributed by atoms with Gasteiger partial charge in [0.2, 0.25) is 5.91 Å². The van der Waals surface area contributed by atoms with E-state index >= 15 is 0 Å². The van der Waals surface area contributed by atoms with Gasteiger partial charge in [0, 0.05) is 19.0 Å². The second-order valence-electron chi connectivity index (χ2n) is 7.37. The van der Waals surface area contributed by atoms with Crippen molar-refractivity contribution in [2.75, 3.05) is 6.54 Å². The molecular weight excluding hydrogens is 374 g/mol. The summed E-state index contributed by atoms with van der Waals surface area (Å²) < 4.78 is 26.5. The third-order valence-corrected chi connectivity index (χ3v) is 4.77. The summed E-state index contributed by atoms with van der Waals surface area (Å²) >= 11 is 0. The molecule has 0 radical (unpaired) electrons. The zero-order chi connectivity index (χ0) is 21.4. The lowest BCUT2D eigenvalue weighted by molar-refractivity contribution is -0.122. The summed E-state index contributed by atoms with van der Waals surface area (Å²) in [4.78, 5) is 24.3. The van der Waals surface area contributed by atoms with Crippen molar-refractivity contribution in [3.8, 4) is 0 Å². The van der Waals surface area contributed by atoms with Gasteiger partial charge in [0.1, 0.15) is 11.6 Å². The first kappa shape index (κ1) is 22.5. The van der Waals surface area contributed by atoms with Gasteiger partial charge in [0.05, 0.1) is 11.6 Å². The van der Waals surface area contributed by atoms with E-state index in [0.29, 0.717) is 12.5 Å². The lowest BCUT2D eigenvalue weighted by Crippen LogP contribution is -2.32. The molecule has 0 heterocycles. The highest BCUT2D eigenvalue weighted by Crippen LogP contribution is 2.22. The van der Waals surface area contributed by atoms with Gasteiger partial charge < -0.3 is 10.6 Å². The van der Waals surface area contributed by atoms with E-state index in [1.807, 2.05) is 12.1 Å². The van der Waals surface area contributed by atoms with Gasteiger partial charge in [-0.05, 0) is 42.0 Å². The van der Waals surface area contributed by atoms with Crippen molar-refractivity contribution in [1.29, 1.82) is 0 Å². The predicted molar refractivity (Wildman–Crippen MR) is 109 cm³/mol. The second kappa shape index (κ2) is 10.7. The minimum atomic E-state index is -0.908. The fourth-order valence-corrected chi connectivity index (χ4v) is 3.06. The maximum atomic E-state index is 13.6. The summed E-state index contributed by atoms with van der Waals surface area (Å²) in [5, 5.41) is 5.61. The number of nitrogens with one attached hydrogen (secondary N) is 2. The van der Waals surface area contributed by atoms with Crippen LogP contribution in [0, 0.1) is 17.6 Å². The van der Waals surface area contributed by atoms with Crippen molar-refractivity contribution in [1.82, 2.24) is 10.6 Å². The minimum Gasteiger partial charge on any atom is -0.352 e. The molecular formula is C23H28F2N2O2. The van der Waals surface area contributed by atoms with Gasteiger partial charge in [0.15, 0.2) is 0 Å². The molecule has 6 heteroatoms. The SMILES string of the molecule is CCc1ccc(C(NC(=O)CCCNC(=O)c2ccc(F)cc2F)C(C)C)cc1. The normalized spacial score (nSPS) is 11.9. The molecule has 0 aliphatic carbocycles. The smallest absolute Gasteiger partial charge is 0.254 e. The van der Waals surface area contributed by atoms with E-state index < -0.39 is 17.5 Å². The van der Waals surface area contributed by atoms with Crippen LogP contribution in [0.2, 0.25) is 0 Å². The number of carbonyl (C=O) groups is 2. The Morgan fingerprint density at radius 3 is 2.31 bits per heavy atom. The molecule has 2 aromatic carbocycles. The summed E-state index contributed by atoms with van der Waals surface area (Å²) in [6.07, 6.45) is 1.62. The van der Waals surface area contributed by atoms with Crippen LogP contribution < -0.4 is 10.6 Å². The van der Waals surface area contributed by atoms with Gasteiger partial charge in [-0.25, -0.2) is 8.78 Å². The number of rotatable bonds is 9. The fraction of sp³-hybridized carbons (Fsp3) is 0.391. The number of halogens is 2. The standard InChI is InChI=1S/C23H28F2N2O2/c1-4-16-7-9-17(10-8-16)22(15(2)3)27-21(28)6-5-13-26-23(29)19-12-11-18(24)14-20(19)25/h7-12,14-15,22H,4-6,13H2,1-3H3,(H,26,29)(H,27,28). The predicted octanol–water partition coefficient (Wildman–Crippen LogP) is 4.55. The van der Waals surface area contributed by atoms with Gasteiger partial charge >= 0.3 is 0 Å². The van der Waals surface area contributed by atoms with Crippen LogP contribution in [0.5, 0.6) is 0 Å². The number of carbonyl (C=O) groups excluding carboxylic acids is 2. The lowest BCUT2D eigenvalue weighted by Gasteiger charge is -2.23. The highest BCUT2D eigenvalue weighted by Gasteiger charge is 2.18. The van der Waals surface area contributed by atoms with Crippen LogP contribution in [0.15, 0.2) is 42.5 Å². The van der Waals surface area contributed by atoms with Crippen LogP contribution in [0.1, 0.15) is 61.1 Å². The largest absolute Gasteiger partial charge is 0.352 e. The van der Waals surface area contributed by atoms with Gasteiger partial charge in [-0.2, -0.15) is 0 Å². The van der Waals surface area contributed by atoms with Crippen LogP contribution in [-0.4, -0.2) is 18.4 Å². The number of hydrogen-bond donors (Lipinski definition) is 2. The van der Waals surface area contributed by atoms with E-state index in [1.54, 1.807) is 0 Å². The third-order valence-electron chi connectivity index (χ3n) is 4.77. The van der Waals surface area contributed by atoms with Gasteiger partial charge in [-0.3, -0.25) is 9.59 Å². The Morgan fingerprint density at radius 1 is 1.03 bits per heavy atom. The first-order valence-electron chi connectivity index (χ1n) is 9.93. The Hall–Kier alpha value is -2.76. The van der Waals surface area contributed by atoms with Crippen LogP contribution in [0.25, 0.3) is 0 Å². The van der Waals surface area contributed by atoms with Gasteiger partial charge in [0.25, 0.3) is 5.91 Å². The highest BCUT2D eigenvalue weighted by molar-refractivity contribution is 5.94. The molecule has 0 bridgehead atoms. The maximum absolute atomic E-state index is 13.6. The fourth-order valence-electron chi connectivity index (χ4n) is 3.06. The summed E-state index contributed by atoms with van der Waals surface area (Å²) in [5.74, 6) is -2.15. The van der Waals surface area contributed by atoms with E-state index in [0.717, 1.165) is 24.1 Å². The molecule has 1 atom stereocenters. The lowest BCUT2D eigenvalue weighted by atomic mass is 9.94. The second-order valence-corrected chi connectivity index (χ2v) is 7.37.